The molecule has 1 aromatic heterocycles. The maximum Gasteiger partial charge on any atom is 0.0422 e. The van der Waals surface area contributed by atoms with E-state index in [4.69, 9.17) is 11.5 Å². The van der Waals surface area contributed by atoms with Crippen LogP contribution in [-0.2, 0) is 0 Å². The second-order valence-electron chi connectivity index (χ2n) is 3.99. The van der Waals surface area contributed by atoms with Crippen molar-refractivity contribution in [2.24, 2.45) is 17.4 Å². The fourth-order valence-corrected chi connectivity index (χ4v) is 2.96. The number of rotatable bonds is 2. The van der Waals surface area contributed by atoms with E-state index >= 15 is 0 Å². The molecule has 1 heterocycles. The van der Waals surface area contributed by atoms with Gasteiger partial charge in [0, 0.05) is 17.0 Å². The van der Waals surface area contributed by atoms with Gasteiger partial charge in [-0.1, -0.05) is 0 Å². The van der Waals surface area contributed by atoms with Crippen molar-refractivity contribution in [1.29, 1.82) is 0 Å². The second-order valence-corrected chi connectivity index (χ2v) is 4.93. The second kappa shape index (κ2) is 3.40. The van der Waals surface area contributed by atoms with Crippen molar-refractivity contribution >= 4 is 11.3 Å². The van der Waals surface area contributed by atoms with E-state index < -0.39 is 0 Å². The molecule has 1 aliphatic carbocycles. The molecule has 0 radical (unpaired) electrons. The van der Waals surface area contributed by atoms with Gasteiger partial charge in [0.1, 0.15) is 0 Å². The summed E-state index contributed by atoms with van der Waals surface area (Å²) in [4.78, 5) is 1.34. The summed E-state index contributed by atoms with van der Waals surface area (Å²) in [6.45, 7) is 2.13. The topological polar surface area (TPSA) is 52.0 Å². The minimum Gasteiger partial charge on any atom is -0.328 e. The van der Waals surface area contributed by atoms with E-state index in [2.05, 4.69) is 18.4 Å². The van der Waals surface area contributed by atoms with Crippen LogP contribution in [0.2, 0.25) is 0 Å². The van der Waals surface area contributed by atoms with Crippen LogP contribution in [0.1, 0.15) is 29.3 Å². The molecule has 3 heteroatoms. The fraction of sp³-hybridized carbons (Fsp3) is 0.600. The molecule has 0 amide bonds. The van der Waals surface area contributed by atoms with Gasteiger partial charge in [0.2, 0.25) is 0 Å². The summed E-state index contributed by atoms with van der Waals surface area (Å²) in [6.07, 6.45) is 2.19. The van der Waals surface area contributed by atoms with Gasteiger partial charge in [-0.15, -0.1) is 11.3 Å². The molecular weight excluding hydrogens is 180 g/mol. The third-order valence-electron chi connectivity index (χ3n) is 2.92. The number of thiophene rings is 1. The van der Waals surface area contributed by atoms with Gasteiger partial charge in [-0.2, -0.15) is 0 Å². The predicted octanol–water partition coefficient (Wildman–Crippen LogP) is 1.79. The lowest BCUT2D eigenvalue weighted by molar-refractivity contribution is 0.225. The molecule has 1 unspecified atom stereocenters. The van der Waals surface area contributed by atoms with E-state index in [1.165, 1.54) is 10.4 Å². The zero-order valence-electron chi connectivity index (χ0n) is 7.86. The third-order valence-corrected chi connectivity index (χ3v) is 4.04. The van der Waals surface area contributed by atoms with Crippen molar-refractivity contribution in [3.63, 3.8) is 0 Å². The van der Waals surface area contributed by atoms with Crippen molar-refractivity contribution < 1.29 is 0 Å². The Morgan fingerprint density at radius 1 is 1.54 bits per heavy atom. The number of hydrogen-bond acceptors (Lipinski definition) is 3. The molecule has 0 saturated heterocycles. The maximum absolute atomic E-state index is 6.16. The average molecular weight is 196 g/mol. The number of nitrogens with two attached hydrogens (primary N) is 2. The third kappa shape index (κ3) is 1.64. The maximum atomic E-state index is 6.16. The van der Waals surface area contributed by atoms with Crippen LogP contribution in [0.5, 0.6) is 0 Å². The minimum atomic E-state index is 0.222. The van der Waals surface area contributed by atoms with Crippen molar-refractivity contribution in [3.8, 4) is 0 Å². The Balaban J connectivity index is 2.05. The van der Waals surface area contributed by atoms with E-state index in [0.717, 1.165) is 12.8 Å². The SMILES string of the molecule is Cc1ccsc1C(N)C1CC(N)C1. The summed E-state index contributed by atoms with van der Waals surface area (Å²) in [7, 11) is 0. The zero-order valence-corrected chi connectivity index (χ0v) is 8.68. The molecule has 1 aliphatic rings. The highest BCUT2D eigenvalue weighted by Crippen LogP contribution is 2.38. The van der Waals surface area contributed by atoms with Gasteiger partial charge >= 0.3 is 0 Å². The molecule has 13 heavy (non-hydrogen) atoms. The molecule has 0 bridgehead atoms. The first-order chi connectivity index (χ1) is 6.18. The summed E-state index contributed by atoms with van der Waals surface area (Å²) in [5.41, 5.74) is 13.2. The van der Waals surface area contributed by atoms with Crippen LogP contribution in [-0.4, -0.2) is 6.04 Å². The van der Waals surface area contributed by atoms with E-state index in [1.807, 2.05) is 0 Å². The van der Waals surface area contributed by atoms with E-state index in [9.17, 15) is 0 Å². The van der Waals surface area contributed by atoms with Crippen molar-refractivity contribution in [1.82, 2.24) is 0 Å². The van der Waals surface area contributed by atoms with E-state index in [0.29, 0.717) is 12.0 Å². The van der Waals surface area contributed by atoms with Crippen LogP contribution in [0.25, 0.3) is 0 Å². The number of aryl methyl sites for hydroxylation is 1. The molecule has 0 aliphatic heterocycles. The van der Waals surface area contributed by atoms with Crippen molar-refractivity contribution in [2.75, 3.05) is 0 Å². The summed E-state index contributed by atoms with van der Waals surface area (Å²) < 4.78 is 0. The summed E-state index contributed by atoms with van der Waals surface area (Å²) in [6, 6.07) is 2.76. The Hall–Kier alpha value is -0.380. The van der Waals surface area contributed by atoms with Crippen LogP contribution >= 0.6 is 11.3 Å². The standard InChI is InChI=1S/C10H16N2S/c1-6-2-3-13-10(6)9(12)7-4-8(11)5-7/h2-3,7-9H,4-5,11-12H2,1H3. The zero-order chi connectivity index (χ0) is 9.42. The van der Waals surface area contributed by atoms with Crippen molar-refractivity contribution in [3.05, 3.63) is 21.9 Å². The van der Waals surface area contributed by atoms with Gasteiger partial charge in [-0.05, 0) is 42.7 Å². The Bertz CT molecular complexity index is 289. The molecule has 1 atom stereocenters. The molecule has 1 fully saturated rings. The van der Waals surface area contributed by atoms with Gasteiger partial charge in [0.25, 0.3) is 0 Å². The van der Waals surface area contributed by atoms with Crippen LogP contribution in [0.4, 0.5) is 0 Å². The fourth-order valence-electron chi connectivity index (χ4n) is 1.94. The summed E-state index contributed by atoms with van der Waals surface area (Å²) in [5.74, 6) is 0.618. The van der Waals surface area contributed by atoms with Crippen LogP contribution in [0.15, 0.2) is 11.4 Å². The van der Waals surface area contributed by atoms with Gasteiger partial charge in [0.05, 0.1) is 0 Å². The lowest BCUT2D eigenvalue weighted by Gasteiger charge is -2.36. The van der Waals surface area contributed by atoms with Gasteiger partial charge in [0.15, 0.2) is 0 Å². The Labute approximate surface area is 82.9 Å². The largest absolute Gasteiger partial charge is 0.328 e. The van der Waals surface area contributed by atoms with E-state index in [1.54, 1.807) is 11.3 Å². The Morgan fingerprint density at radius 2 is 2.23 bits per heavy atom. The normalized spacial score (nSPS) is 29.8. The smallest absolute Gasteiger partial charge is 0.0422 e. The highest BCUT2D eigenvalue weighted by Gasteiger charge is 2.32. The average Bonchev–Trinajstić information content (AvgIpc) is 2.44. The molecule has 2 rings (SSSR count). The van der Waals surface area contributed by atoms with Crippen LogP contribution < -0.4 is 11.5 Å². The first kappa shape index (κ1) is 9.19. The highest BCUT2D eigenvalue weighted by molar-refractivity contribution is 7.10. The van der Waals surface area contributed by atoms with Crippen molar-refractivity contribution in [2.45, 2.75) is 31.8 Å². The molecule has 1 saturated carbocycles. The van der Waals surface area contributed by atoms with Crippen LogP contribution in [0.3, 0.4) is 0 Å². The lowest BCUT2D eigenvalue weighted by Crippen LogP contribution is -2.41. The van der Waals surface area contributed by atoms with E-state index in [-0.39, 0.29) is 6.04 Å². The molecule has 2 nitrogen and oxygen atoms in total. The molecule has 4 N–H and O–H groups in total. The molecule has 72 valence electrons. The first-order valence-corrected chi connectivity index (χ1v) is 5.61. The highest BCUT2D eigenvalue weighted by atomic mass is 32.1. The predicted molar refractivity (Wildman–Crippen MR) is 56.7 cm³/mol. The van der Waals surface area contributed by atoms with Gasteiger partial charge < -0.3 is 11.5 Å². The first-order valence-electron chi connectivity index (χ1n) is 4.73. The quantitative estimate of drug-likeness (QED) is 0.757. The Morgan fingerprint density at radius 3 is 2.69 bits per heavy atom. The van der Waals surface area contributed by atoms with Gasteiger partial charge in [-0.25, -0.2) is 0 Å². The summed E-state index contributed by atoms with van der Waals surface area (Å²) in [5, 5.41) is 2.11. The Kier molecular flexibility index (Phi) is 2.41. The molecular formula is C10H16N2S. The van der Waals surface area contributed by atoms with Crippen LogP contribution in [0, 0.1) is 12.8 Å². The lowest BCUT2D eigenvalue weighted by atomic mass is 9.75. The molecule has 0 spiro atoms. The number of hydrogen-bond donors (Lipinski definition) is 2. The monoisotopic (exact) mass is 196 g/mol. The molecule has 1 aromatic rings. The summed E-state index contributed by atoms with van der Waals surface area (Å²) >= 11 is 1.77. The van der Waals surface area contributed by atoms with Gasteiger partial charge in [-0.3, -0.25) is 0 Å². The minimum absolute atomic E-state index is 0.222. The molecule has 0 aromatic carbocycles.